The number of hydrogen-bond acceptors (Lipinski definition) is 8. The van der Waals surface area contributed by atoms with Crippen LogP contribution >= 0.6 is 50.7 Å². The Morgan fingerprint density at radius 3 is 0.500 bits per heavy atom. The van der Waals surface area contributed by atoms with Gasteiger partial charge < -0.3 is 0 Å². The molecule has 0 aliphatic carbocycles. The molecule has 0 aromatic carbocycles. The van der Waals surface area contributed by atoms with E-state index in [-0.39, 0.29) is 0 Å². The predicted molar refractivity (Wildman–Crippen MR) is 252 cm³/mol. The van der Waals surface area contributed by atoms with Crippen molar-refractivity contribution in [2.45, 2.75) is 0 Å². The third-order valence-corrected chi connectivity index (χ3v) is 18.4. The fourth-order valence-electron chi connectivity index (χ4n) is 5.89. The largest absolute Gasteiger partial charge is 0.256 e. The maximum Gasteiger partial charge on any atom is 0.0692 e. The number of aromatic nitrogens is 8. The van der Waals surface area contributed by atoms with Gasteiger partial charge in [0.05, 0.1) is 43.5 Å². The van der Waals surface area contributed by atoms with Crippen molar-refractivity contribution < 1.29 is 17.3 Å². The topological polar surface area (TPSA) is 103 Å². The molecule has 0 fully saturated rings. The van der Waals surface area contributed by atoms with Gasteiger partial charge in [-0.15, -0.1) is 0 Å². The first-order chi connectivity index (χ1) is 28.8. The summed E-state index contributed by atoms with van der Waals surface area (Å²) in [5, 5.41) is 0. The monoisotopic (exact) mass is 1130 g/mol. The molecule has 14 heteroatoms. The Balaban J connectivity index is 0.000000188. The second kappa shape index (κ2) is 25.1. The van der Waals surface area contributed by atoms with E-state index in [9.17, 15) is 0 Å². The van der Waals surface area contributed by atoms with E-state index in [0.717, 1.165) is 68.1 Å². The van der Waals surface area contributed by atoms with Crippen LogP contribution in [0.1, 0.15) is 0 Å². The summed E-state index contributed by atoms with van der Waals surface area (Å²) in [6.45, 7) is 0. The third kappa shape index (κ3) is 13.2. The van der Waals surface area contributed by atoms with Crippen LogP contribution in [0.4, 0.5) is 0 Å². The summed E-state index contributed by atoms with van der Waals surface area (Å²) in [6, 6.07) is 49.1. The molecule has 0 aliphatic heterocycles. The van der Waals surface area contributed by atoms with E-state index in [2.05, 4.69) is 173 Å². The first kappa shape index (κ1) is 44.0. The van der Waals surface area contributed by atoms with Crippen molar-refractivity contribution in [1.29, 1.82) is 0 Å². The normalized spacial score (nSPS) is 10.8. The van der Waals surface area contributed by atoms with Crippen LogP contribution in [-0.4, -0.2) is 64.5 Å². The van der Waals surface area contributed by atoms with Gasteiger partial charge in [0.1, 0.15) is 0 Å². The van der Waals surface area contributed by atoms with E-state index >= 15 is 0 Å². The van der Waals surface area contributed by atoms with Crippen LogP contribution in [0.3, 0.4) is 0 Å². The molecule has 0 aliphatic rings. The Hall–Kier alpha value is -3.61. The fraction of sp³-hybridized carbons (Fsp3) is 0.0909. The molecule has 0 radical (unpaired) electrons. The zero-order valence-corrected chi connectivity index (χ0v) is 39.3. The van der Waals surface area contributed by atoms with Gasteiger partial charge in [0.15, 0.2) is 0 Å². The molecular weight excluding hydrogens is 1090 g/mol. The third-order valence-electron chi connectivity index (χ3n) is 8.50. The van der Waals surface area contributed by atoms with E-state index in [1.807, 2.05) is 98.1 Å². The molecule has 0 amide bonds. The quantitative estimate of drug-likeness (QED) is 0.0688. The molecule has 0 N–H and O–H groups in total. The van der Waals surface area contributed by atoms with Gasteiger partial charge in [-0.2, -0.15) is 0 Å². The van der Waals surface area contributed by atoms with Crippen molar-refractivity contribution in [3.05, 3.63) is 195 Å². The van der Waals surface area contributed by atoms with E-state index in [0.29, 0.717) is 0 Å². The average molecular weight is 1130 g/mol. The molecule has 58 heavy (non-hydrogen) atoms. The number of rotatable bonds is 14. The van der Waals surface area contributed by atoms with Crippen LogP contribution in [0.15, 0.2) is 195 Å². The van der Waals surface area contributed by atoms with Gasteiger partial charge in [-0.25, -0.2) is 0 Å². The molecule has 294 valence electrons. The van der Waals surface area contributed by atoms with Crippen LogP contribution in [-0.2, 0) is 17.3 Å². The molecule has 8 heterocycles. The first-order valence-corrected chi connectivity index (χ1v) is 30.6. The Morgan fingerprint density at radius 2 is 0.397 bits per heavy atom. The van der Waals surface area contributed by atoms with Crippen molar-refractivity contribution in [1.82, 2.24) is 39.9 Å². The van der Waals surface area contributed by atoms with Crippen LogP contribution in [0.2, 0.25) is 0 Å². The number of hydrogen-bond donors (Lipinski definition) is 0. The summed E-state index contributed by atoms with van der Waals surface area (Å²) in [5.41, 5.74) is 8.95. The SMILES string of the molecule is [I][Au].c1ccc(P(CCP(c2ccccn2)c2ccccn2)c2ccccn2)nc1.c1ccc(P(CCP(c2ccccn2)c2ccccn2)c2ccccn2)nc1. The minimum Gasteiger partial charge on any atom is -0.256 e. The smallest absolute Gasteiger partial charge is 0.0692 e. The zero-order chi connectivity index (χ0) is 40.0. The van der Waals surface area contributed by atoms with Crippen molar-refractivity contribution in [2.24, 2.45) is 0 Å². The molecule has 0 saturated heterocycles. The Morgan fingerprint density at radius 1 is 0.259 bits per heavy atom. The van der Waals surface area contributed by atoms with Gasteiger partial charge in [0.2, 0.25) is 0 Å². The van der Waals surface area contributed by atoms with Crippen LogP contribution in [0, 0.1) is 0 Å². The number of nitrogens with zero attached hydrogens (tertiary/aromatic N) is 8. The molecule has 0 unspecified atom stereocenters. The van der Waals surface area contributed by atoms with Crippen molar-refractivity contribution >= 4 is 94.2 Å². The molecule has 8 nitrogen and oxygen atoms in total. The Bertz CT molecular complexity index is 1800. The van der Waals surface area contributed by atoms with Crippen molar-refractivity contribution in [2.75, 3.05) is 24.6 Å². The maximum absolute atomic E-state index is 4.64. The molecule has 0 saturated carbocycles. The minimum absolute atomic E-state index is 0.626. The standard InChI is InChI=1S/2C22H20N4P2.Au.HI/c2*1-5-13-23-19(9-1)27(20-10-2-6-14-24-20)17-18-28(21-11-3-7-15-25-21)22-12-4-8-16-26-22;;/h2*1-16H,17-18H2;;1H/q;;+1;/p-1. The van der Waals surface area contributed by atoms with Gasteiger partial charge in [-0.05, 0) is 153 Å². The molecular formula is C44H40AuIN8P4. The summed E-state index contributed by atoms with van der Waals surface area (Å²) >= 11 is 4.34. The molecule has 0 spiro atoms. The van der Waals surface area contributed by atoms with E-state index in [1.165, 1.54) is 0 Å². The fourth-order valence-corrected chi connectivity index (χ4v) is 15.6. The molecule has 8 rings (SSSR count). The first-order valence-electron chi connectivity index (χ1n) is 18.3. The van der Waals surface area contributed by atoms with E-state index < -0.39 is 31.7 Å². The summed E-state index contributed by atoms with van der Waals surface area (Å²) < 4.78 is 0. The summed E-state index contributed by atoms with van der Waals surface area (Å²) in [7, 11) is -2.50. The van der Waals surface area contributed by atoms with Gasteiger partial charge in [0, 0.05) is 49.6 Å². The van der Waals surface area contributed by atoms with E-state index in [1.54, 1.807) is 0 Å². The predicted octanol–water partition coefficient (Wildman–Crippen LogP) is 6.55. The number of halogens is 1. The summed E-state index contributed by atoms with van der Waals surface area (Å²) in [5.74, 6) is 0. The Kier molecular flexibility index (Phi) is 19.0. The second-order valence-corrected chi connectivity index (χ2v) is 21.0. The van der Waals surface area contributed by atoms with Gasteiger partial charge in [-0.1, -0.05) is 48.5 Å². The van der Waals surface area contributed by atoms with Gasteiger partial charge in [-0.3, -0.25) is 39.9 Å². The maximum atomic E-state index is 4.64. The van der Waals surface area contributed by atoms with Crippen LogP contribution < -0.4 is 43.5 Å². The van der Waals surface area contributed by atoms with Crippen LogP contribution in [0.25, 0.3) is 0 Å². The number of pyridine rings is 8. The molecule has 8 aromatic rings. The summed E-state index contributed by atoms with van der Waals surface area (Å²) in [4.78, 5) is 37.1. The molecule has 0 bridgehead atoms. The zero-order valence-electron chi connectivity index (χ0n) is 31.3. The van der Waals surface area contributed by atoms with Crippen LogP contribution in [0.5, 0.6) is 0 Å². The second-order valence-electron chi connectivity index (χ2n) is 12.1. The molecule has 0 atom stereocenters. The van der Waals surface area contributed by atoms with Gasteiger partial charge in [0.25, 0.3) is 0 Å². The molecule has 8 aromatic heterocycles. The van der Waals surface area contributed by atoms with E-state index in [4.69, 9.17) is 0 Å². The minimum atomic E-state index is -0.626. The van der Waals surface area contributed by atoms with Crippen molar-refractivity contribution in [3.8, 4) is 0 Å². The average Bonchev–Trinajstić information content (AvgIpc) is 3.32. The summed E-state index contributed by atoms with van der Waals surface area (Å²) in [6.07, 6.45) is 19.0. The Labute approximate surface area is 368 Å². The van der Waals surface area contributed by atoms with Crippen molar-refractivity contribution in [3.63, 3.8) is 0 Å². The van der Waals surface area contributed by atoms with Gasteiger partial charge >= 0.3 is 36.3 Å².